The quantitative estimate of drug-likeness (QED) is 0.241. The second-order valence-electron chi connectivity index (χ2n) is 9.52. The number of ether oxygens (including phenoxy) is 1. The first kappa shape index (κ1) is 25.1. The Balaban J connectivity index is 1.13. The molecular weight excluding hydrogens is 510 g/mol. The summed E-state index contributed by atoms with van der Waals surface area (Å²) in [6.07, 6.45) is 0. The molecule has 3 aromatic carbocycles. The molecule has 0 aliphatic carbocycles. The number of aromatic nitrogens is 6. The second-order valence-corrected chi connectivity index (χ2v) is 9.52. The first-order valence-electron chi connectivity index (χ1n) is 12.8. The Morgan fingerprint density at radius 3 is 2.77 bits per heavy atom. The van der Waals surface area contributed by atoms with Crippen LogP contribution in [0.3, 0.4) is 0 Å². The predicted molar refractivity (Wildman–Crippen MR) is 148 cm³/mol. The van der Waals surface area contributed by atoms with Crippen molar-refractivity contribution in [2.45, 2.75) is 19.8 Å². The molecular formula is C29H27N7O4. The minimum atomic E-state index is -0.209. The standard InChI is InChI=1S/C29H27N7O4/c1-16(26-32-21-11-9-19(37)15-23(21)33-26)27-34-22-10-8-18(14-24(22)36(27)3)28(38)30-12-13-39-25-7-5-4-6-20(25)29-31-17(2)35-40-29/h4-11,14-16,37H,12-13H2,1-3H3,(H,30,38)(H,32,33). The third-order valence-electron chi connectivity index (χ3n) is 6.75. The van der Waals surface area contributed by atoms with E-state index >= 15 is 0 Å². The van der Waals surface area contributed by atoms with Crippen molar-refractivity contribution in [2.75, 3.05) is 13.2 Å². The van der Waals surface area contributed by atoms with E-state index in [1.807, 2.05) is 54.9 Å². The van der Waals surface area contributed by atoms with E-state index in [4.69, 9.17) is 14.2 Å². The second kappa shape index (κ2) is 10.2. The van der Waals surface area contributed by atoms with E-state index in [1.165, 1.54) is 0 Å². The zero-order valence-corrected chi connectivity index (χ0v) is 22.2. The highest BCUT2D eigenvalue weighted by atomic mass is 16.5. The molecule has 1 unspecified atom stereocenters. The molecule has 0 radical (unpaired) electrons. The number of carbonyl (C=O) groups is 1. The summed E-state index contributed by atoms with van der Waals surface area (Å²) in [5.41, 5.74) is 4.37. The number of para-hydroxylation sites is 1. The van der Waals surface area contributed by atoms with E-state index in [0.29, 0.717) is 40.7 Å². The van der Waals surface area contributed by atoms with Crippen molar-refractivity contribution in [1.82, 2.24) is 35.0 Å². The number of H-pyrrole nitrogens is 1. The first-order valence-corrected chi connectivity index (χ1v) is 12.8. The van der Waals surface area contributed by atoms with Gasteiger partial charge in [-0.15, -0.1) is 0 Å². The minimum Gasteiger partial charge on any atom is -0.508 e. The Kier molecular flexibility index (Phi) is 6.39. The van der Waals surface area contributed by atoms with E-state index in [2.05, 4.69) is 25.4 Å². The Morgan fingerprint density at radius 2 is 1.95 bits per heavy atom. The maximum Gasteiger partial charge on any atom is 0.261 e. The van der Waals surface area contributed by atoms with Crippen LogP contribution in [0.2, 0.25) is 0 Å². The number of nitrogens with zero attached hydrogens (tertiary/aromatic N) is 5. The van der Waals surface area contributed by atoms with Crippen LogP contribution in [0.15, 0.2) is 65.2 Å². The maximum atomic E-state index is 12.9. The average molecular weight is 538 g/mol. The monoisotopic (exact) mass is 537 g/mol. The highest BCUT2D eigenvalue weighted by Crippen LogP contribution is 2.29. The molecule has 1 atom stereocenters. The number of benzene rings is 3. The summed E-state index contributed by atoms with van der Waals surface area (Å²) in [5.74, 6) is 2.89. The van der Waals surface area contributed by atoms with Gasteiger partial charge in [0.15, 0.2) is 5.82 Å². The van der Waals surface area contributed by atoms with Crippen LogP contribution in [0.5, 0.6) is 11.5 Å². The van der Waals surface area contributed by atoms with E-state index in [-0.39, 0.29) is 24.2 Å². The molecule has 6 aromatic rings. The van der Waals surface area contributed by atoms with E-state index in [0.717, 1.165) is 28.2 Å². The first-order chi connectivity index (χ1) is 19.4. The Morgan fingerprint density at radius 1 is 1.10 bits per heavy atom. The van der Waals surface area contributed by atoms with Gasteiger partial charge in [0.2, 0.25) is 0 Å². The number of amides is 1. The van der Waals surface area contributed by atoms with Crippen LogP contribution >= 0.6 is 0 Å². The molecule has 3 aromatic heterocycles. The molecule has 0 aliphatic rings. The number of aryl methyl sites for hydroxylation is 2. The smallest absolute Gasteiger partial charge is 0.261 e. The lowest BCUT2D eigenvalue weighted by Crippen LogP contribution is -2.28. The molecule has 11 nitrogen and oxygen atoms in total. The number of fused-ring (bicyclic) bond motifs is 2. The molecule has 202 valence electrons. The van der Waals surface area contributed by atoms with Crippen molar-refractivity contribution < 1.29 is 19.2 Å². The number of phenols is 1. The van der Waals surface area contributed by atoms with Crippen molar-refractivity contribution in [2.24, 2.45) is 7.05 Å². The molecule has 0 aliphatic heterocycles. The SMILES string of the molecule is Cc1noc(-c2ccccc2OCCNC(=O)c2ccc3nc(C(C)c4nc5cc(O)ccc5[nH]4)n(C)c3c2)n1. The topological polar surface area (TPSA) is 144 Å². The summed E-state index contributed by atoms with van der Waals surface area (Å²) in [4.78, 5) is 29.9. The number of carbonyl (C=O) groups excluding carboxylic acids is 1. The summed E-state index contributed by atoms with van der Waals surface area (Å²) in [7, 11) is 1.92. The largest absolute Gasteiger partial charge is 0.508 e. The molecule has 1 amide bonds. The molecule has 40 heavy (non-hydrogen) atoms. The van der Waals surface area contributed by atoms with Crippen LogP contribution in [-0.2, 0) is 7.05 Å². The van der Waals surface area contributed by atoms with E-state index in [1.54, 1.807) is 31.2 Å². The van der Waals surface area contributed by atoms with Gasteiger partial charge >= 0.3 is 0 Å². The summed E-state index contributed by atoms with van der Waals surface area (Å²) in [6.45, 7) is 4.35. The van der Waals surface area contributed by atoms with Gasteiger partial charge in [-0.2, -0.15) is 4.98 Å². The third-order valence-corrected chi connectivity index (χ3v) is 6.75. The van der Waals surface area contributed by atoms with Crippen molar-refractivity contribution >= 4 is 28.0 Å². The van der Waals surface area contributed by atoms with Gasteiger partial charge in [-0.05, 0) is 56.3 Å². The van der Waals surface area contributed by atoms with Gasteiger partial charge < -0.3 is 29.2 Å². The van der Waals surface area contributed by atoms with Crippen LogP contribution < -0.4 is 10.1 Å². The average Bonchev–Trinajstić information content (AvgIpc) is 3.67. The van der Waals surface area contributed by atoms with Crippen molar-refractivity contribution in [1.29, 1.82) is 0 Å². The zero-order chi connectivity index (χ0) is 27.8. The Hall–Kier alpha value is -5.19. The van der Waals surface area contributed by atoms with Crippen molar-refractivity contribution in [3.05, 3.63) is 83.7 Å². The molecule has 3 N–H and O–H groups in total. The maximum absolute atomic E-state index is 12.9. The number of phenolic OH excluding ortho intramolecular Hbond substituents is 1. The number of nitrogens with one attached hydrogen (secondary N) is 2. The molecule has 11 heteroatoms. The number of hydrogen-bond donors (Lipinski definition) is 3. The highest BCUT2D eigenvalue weighted by molar-refractivity contribution is 5.97. The highest BCUT2D eigenvalue weighted by Gasteiger charge is 2.21. The summed E-state index contributed by atoms with van der Waals surface area (Å²) in [6, 6.07) is 17.9. The lowest BCUT2D eigenvalue weighted by Gasteiger charge is -2.10. The molecule has 0 bridgehead atoms. The van der Waals surface area contributed by atoms with Gasteiger partial charge in [-0.1, -0.05) is 17.3 Å². The zero-order valence-electron chi connectivity index (χ0n) is 22.2. The van der Waals surface area contributed by atoms with Gasteiger partial charge in [0.25, 0.3) is 11.8 Å². The van der Waals surface area contributed by atoms with Crippen LogP contribution in [0, 0.1) is 6.92 Å². The fourth-order valence-electron chi connectivity index (χ4n) is 4.68. The van der Waals surface area contributed by atoms with Gasteiger partial charge in [0.05, 0.1) is 40.1 Å². The number of aromatic hydroxyl groups is 1. The molecule has 0 spiro atoms. The van der Waals surface area contributed by atoms with Crippen LogP contribution in [-0.4, -0.2) is 53.8 Å². The van der Waals surface area contributed by atoms with Crippen molar-refractivity contribution in [3.8, 4) is 23.0 Å². The van der Waals surface area contributed by atoms with Gasteiger partial charge in [0.1, 0.15) is 29.8 Å². The van der Waals surface area contributed by atoms with Gasteiger partial charge in [0, 0.05) is 18.7 Å². The normalized spacial score (nSPS) is 12.2. The van der Waals surface area contributed by atoms with Gasteiger partial charge in [-0.25, -0.2) is 9.97 Å². The molecule has 0 saturated carbocycles. The summed E-state index contributed by atoms with van der Waals surface area (Å²) >= 11 is 0. The molecule has 6 rings (SSSR count). The molecule has 0 fully saturated rings. The number of aromatic amines is 1. The lowest BCUT2D eigenvalue weighted by atomic mass is 10.1. The van der Waals surface area contributed by atoms with Crippen LogP contribution in [0.25, 0.3) is 33.5 Å². The fraction of sp³-hybridized carbons (Fsp3) is 0.207. The Bertz CT molecular complexity index is 1850. The van der Waals surface area contributed by atoms with E-state index < -0.39 is 0 Å². The summed E-state index contributed by atoms with van der Waals surface area (Å²) in [5, 5.41) is 16.5. The third kappa shape index (κ3) is 4.73. The number of imidazole rings is 2. The lowest BCUT2D eigenvalue weighted by molar-refractivity contribution is 0.0947. The van der Waals surface area contributed by atoms with Gasteiger partial charge in [-0.3, -0.25) is 4.79 Å². The molecule has 3 heterocycles. The number of rotatable bonds is 8. The summed E-state index contributed by atoms with van der Waals surface area (Å²) < 4.78 is 13.1. The van der Waals surface area contributed by atoms with Crippen LogP contribution in [0.4, 0.5) is 0 Å². The van der Waals surface area contributed by atoms with Crippen molar-refractivity contribution in [3.63, 3.8) is 0 Å². The molecule has 0 saturated heterocycles. The predicted octanol–water partition coefficient (Wildman–Crippen LogP) is 4.47. The number of hydrogen-bond acceptors (Lipinski definition) is 8. The minimum absolute atomic E-state index is 0.139. The fourth-order valence-corrected chi connectivity index (χ4v) is 4.68. The van der Waals surface area contributed by atoms with E-state index in [9.17, 15) is 9.90 Å². The van der Waals surface area contributed by atoms with Crippen LogP contribution in [0.1, 0.15) is 40.7 Å². The Labute approximate surface area is 228 Å².